The molecule has 4 nitrogen and oxygen atoms in total. The first kappa shape index (κ1) is 26.3. The second-order valence-electron chi connectivity index (χ2n) is 14.8. The van der Waals surface area contributed by atoms with Crippen molar-refractivity contribution in [3.05, 3.63) is 168 Å². The molecule has 0 amide bonds. The van der Waals surface area contributed by atoms with E-state index in [4.69, 9.17) is 26.4 Å². The Morgan fingerprint density at radius 2 is 1.36 bits per heavy atom. The SMILES string of the molecule is [2H]C([2H])([2H])c1ccc(-c2ccnc(-c3[c-]c(-c4cccc5c4nc(-c4ccccc4O)n5-c4ccc(C(C([2H])([2H])[2H])(C([2H])([2H])[2H])C([2H])([2H])[2H])cc4-c4ccccc4)cc(C(C)(C)C)c3)c2)cc1.[Pt]. The van der Waals surface area contributed by atoms with E-state index in [0.717, 1.165) is 16.7 Å². The minimum absolute atomic E-state index is 0. The number of phenolic OH excluding ortho intramolecular Hbond substituents is 1. The number of para-hydroxylation sites is 2. The maximum atomic E-state index is 11.4. The third kappa shape index (κ3) is 7.51. The van der Waals surface area contributed by atoms with Crippen molar-refractivity contribution < 1.29 is 42.6 Å². The Morgan fingerprint density at radius 3 is 2.09 bits per heavy atom. The molecule has 5 heteroatoms. The average Bonchev–Trinajstić information content (AvgIpc) is 3.64. The molecule has 0 aliphatic heterocycles. The number of imidazole rings is 1. The summed E-state index contributed by atoms with van der Waals surface area (Å²) in [7, 11) is 0. The van der Waals surface area contributed by atoms with Gasteiger partial charge in [0.25, 0.3) is 0 Å². The van der Waals surface area contributed by atoms with Gasteiger partial charge in [0.2, 0.25) is 0 Å². The zero-order valence-corrected chi connectivity index (χ0v) is 33.2. The van der Waals surface area contributed by atoms with Crippen LogP contribution in [0.4, 0.5) is 0 Å². The fourth-order valence-corrected chi connectivity index (χ4v) is 6.92. The largest absolute Gasteiger partial charge is 0.507 e. The smallest absolute Gasteiger partial charge is 0.148 e. The number of nitrogens with zero attached hydrogens (tertiary/aromatic N) is 3. The van der Waals surface area contributed by atoms with Crippen LogP contribution in [0.25, 0.3) is 72.7 Å². The Balaban J connectivity index is 0.00000684. The molecule has 0 saturated heterocycles. The molecule has 0 radical (unpaired) electrons. The topological polar surface area (TPSA) is 50.9 Å². The van der Waals surface area contributed by atoms with Crippen LogP contribution in [0.5, 0.6) is 5.75 Å². The van der Waals surface area contributed by atoms with Gasteiger partial charge in [-0.05, 0) is 76.3 Å². The monoisotopic (exact) mass is 923 g/mol. The van der Waals surface area contributed by atoms with Gasteiger partial charge in [0.05, 0.1) is 22.3 Å². The van der Waals surface area contributed by atoms with Crippen LogP contribution >= 0.6 is 0 Å². The van der Waals surface area contributed by atoms with Crippen LogP contribution in [0, 0.1) is 12.9 Å². The van der Waals surface area contributed by atoms with Crippen LogP contribution in [-0.2, 0) is 31.9 Å². The van der Waals surface area contributed by atoms with E-state index in [2.05, 4.69) is 32.9 Å². The van der Waals surface area contributed by atoms with Crippen LogP contribution in [0.15, 0.2) is 146 Å². The van der Waals surface area contributed by atoms with Crippen molar-refractivity contribution in [2.24, 2.45) is 0 Å². The van der Waals surface area contributed by atoms with E-state index in [1.54, 1.807) is 83.6 Å². The van der Waals surface area contributed by atoms with E-state index >= 15 is 0 Å². The summed E-state index contributed by atoms with van der Waals surface area (Å²) in [5.41, 5.74) is 4.26. The molecule has 6 aromatic carbocycles. The summed E-state index contributed by atoms with van der Waals surface area (Å²) >= 11 is 0. The molecular weight excluding hydrogens is 866 g/mol. The molecule has 0 spiro atoms. The van der Waals surface area contributed by atoms with E-state index in [-0.39, 0.29) is 37.8 Å². The van der Waals surface area contributed by atoms with Gasteiger partial charge >= 0.3 is 0 Å². The summed E-state index contributed by atoms with van der Waals surface area (Å²) in [5, 5.41) is 11.4. The second-order valence-corrected chi connectivity index (χ2v) is 14.8. The molecule has 0 unspecified atom stereocenters. The predicted molar refractivity (Wildman–Crippen MR) is 229 cm³/mol. The fraction of sp³-hybridized carbons (Fsp3) is 0.176. The molecule has 2 heterocycles. The van der Waals surface area contributed by atoms with E-state index in [1.807, 2.05) is 36.4 Å². The standard InChI is InChI=1S/C51H46N3O.Pt/c1-33-20-22-34(23-21-33)36-26-27-52-44(31-36)38-28-37(29-40(30-38)51(5,6)7)41-17-13-18-46-48(41)53-49(42-16-11-12-19-47(42)55)54(46)45-25-24-39(50(2,3)4)32-43(45)35-14-9-8-10-15-35;/h8-27,29-32,55H,1-7H3;/q-1;/i1D3,2D3,3D3,4D3;. The first-order valence-corrected chi connectivity index (χ1v) is 18.0. The number of aromatic nitrogens is 3. The Kier molecular flexibility index (Phi) is 7.13. The molecule has 0 fully saturated rings. The van der Waals surface area contributed by atoms with Gasteiger partial charge < -0.3 is 5.11 Å². The van der Waals surface area contributed by atoms with Gasteiger partial charge in [-0.1, -0.05) is 149 Å². The molecule has 8 rings (SSSR count). The van der Waals surface area contributed by atoms with E-state index < -0.39 is 38.4 Å². The molecule has 282 valence electrons. The molecule has 0 saturated carbocycles. The zero-order chi connectivity index (χ0) is 48.5. The van der Waals surface area contributed by atoms with Crippen molar-refractivity contribution >= 4 is 11.0 Å². The summed E-state index contributed by atoms with van der Waals surface area (Å²) < 4.78 is 102. The van der Waals surface area contributed by atoms with Gasteiger partial charge in [0.1, 0.15) is 11.6 Å². The number of phenols is 1. The molecule has 2 aromatic heterocycles. The normalized spacial score (nSPS) is 15.8. The third-order valence-electron chi connectivity index (χ3n) is 9.86. The van der Waals surface area contributed by atoms with Crippen molar-refractivity contribution in [1.82, 2.24) is 14.5 Å². The molecule has 0 bridgehead atoms. The second kappa shape index (κ2) is 15.2. The molecule has 56 heavy (non-hydrogen) atoms. The van der Waals surface area contributed by atoms with Crippen molar-refractivity contribution in [1.29, 1.82) is 0 Å². The van der Waals surface area contributed by atoms with E-state index in [1.165, 1.54) is 24.3 Å². The molecule has 1 N–H and O–H groups in total. The molecule has 0 aliphatic carbocycles. The van der Waals surface area contributed by atoms with Crippen LogP contribution in [0.1, 0.15) is 74.5 Å². The van der Waals surface area contributed by atoms with Gasteiger partial charge in [-0.15, -0.1) is 29.3 Å². The van der Waals surface area contributed by atoms with Gasteiger partial charge in [-0.2, -0.15) is 0 Å². The summed E-state index contributed by atoms with van der Waals surface area (Å²) in [5.74, 6) is 0.220. The molecule has 0 aliphatic rings. The first-order chi connectivity index (χ1) is 31.3. The number of hydrogen-bond acceptors (Lipinski definition) is 3. The Morgan fingerprint density at radius 1 is 0.625 bits per heavy atom. The summed E-state index contributed by atoms with van der Waals surface area (Å²) in [4.78, 5) is 10.0. The Labute approximate surface area is 362 Å². The Bertz CT molecular complexity index is 3090. The van der Waals surface area contributed by atoms with Crippen LogP contribution < -0.4 is 0 Å². The minimum atomic E-state index is -3.49. The van der Waals surface area contributed by atoms with E-state index in [9.17, 15) is 5.11 Å². The van der Waals surface area contributed by atoms with Gasteiger partial charge in [-0.25, -0.2) is 4.98 Å². The quantitative estimate of drug-likeness (QED) is 0.169. The van der Waals surface area contributed by atoms with E-state index in [0.29, 0.717) is 61.6 Å². The number of aromatic hydroxyl groups is 1. The van der Waals surface area contributed by atoms with Crippen LogP contribution in [0.2, 0.25) is 0 Å². The maximum Gasteiger partial charge on any atom is 0.148 e. The Hall–Kier alpha value is -5.57. The molecular formula is C51H46N3OPt-. The summed E-state index contributed by atoms with van der Waals surface area (Å²) in [6, 6.07) is 43.6. The fourth-order valence-electron chi connectivity index (χ4n) is 6.92. The zero-order valence-electron chi connectivity index (χ0n) is 43.0. The maximum absolute atomic E-state index is 11.4. The number of hydrogen-bond donors (Lipinski definition) is 1. The number of aryl methyl sites for hydroxylation is 1. The van der Waals surface area contributed by atoms with Gasteiger partial charge in [0, 0.05) is 55.0 Å². The summed E-state index contributed by atoms with van der Waals surface area (Å²) in [6.07, 6.45) is 1.70. The summed E-state index contributed by atoms with van der Waals surface area (Å²) in [6.45, 7) is -6.39. The number of rotatable bonds is 6. The van der Waals surface area contributed by atoms with Crippen LogP contribution in [-0.4, -0.2) is 19.6 Å². The molecule has 0 atom stereocenters. The third-order valence-corrected chi connectivity index (χ3v) is 9.86. The van der Waals surface area contributed by atoms with Crippen molar-refractivity contribution in [3.63, 3.8) is 0 Å². The van der Waals surface area contributed by atoms with Crippen molar-refractivity contribution in [2.45, 2.75) is 59.0 Å². The van der Waals surface area contributed by atoms with Crippen molar-refractivity contribution in [2.75, 3.05) is 0 Å². The first-order valence-electron chi connectivity index (χ1n) is 24.0. The number of benzene rings is 6. The predicted octanol–water partition coefficient (Wildman–Crippen LogP) is 13.2. The molecule has 8 aromatic rings. The number of fused-ring (bicyclic) bond motifs is 1. The number of pyridine rings is 1. The van der Waals surface area contributed by atoms with Crippen molar-refractivity contribution in [3.8, 4) is 67.5 Å². The van der Waals surface area contributed by atoms with Gasteiger partial charge in [0.15, 0.2) is 0 Å². The van der Waals surface area contributed by atoms with Gasteiger partial charge in [-0.3, -0.25) is 9.55 Å². The van der Waals surface area contributed by atoms with Crippen LogP contribution in [0.3, 0.4) is 0 Å². The minimum Gasteiger partial charge on any atom is -0.507 e. The average molecular weight is 924 g/mol.